The van der Waals surface area contributed by atoms with Crippen LogP contribution in [0.2, 0.25) is 0 Å². The first-order valence-electron chi connectivity index (χ1n) is 6.92. The maximum atomic E-state index is 13.3. The number of nitrogens with zero attached hydrogens (tertiary/aromatic N) is 2. The second kappa shape index (κ2) is 5.59. The van der Waals surface area contributed by atoms with Gasteiger partial charge in [0.05, 0.1) is 6.54 Å². The van der Waals surface area contributed by atoms with Crippen LogP contribution in [0.15, 0.2) is 29.3 Å². The fourth-order valence-electron chi connectivity index (χ4n) is 2.39. The van der Waals surface area contributed by atoms with Crippen LogP contribution in [-0.4, -0.2) is 30.5 Å². The Morgan fingerprint density at radius 3 is 2.58 bits per heavy atom. The van der Waals surface area contributed by atoms with Gasteiger partial charge in [-0.15, -0.1) is 0 Å². The van der Waals surface area contributed by atoms with Crippen LogP contribution in [0.4, 0.5) is 4.39 Å². The van der Waals surface area contributed by atoms with E-state index >= 15 is 0 Å². The van der Waals surface area contributed by atoms with Crippen LogP contribution in [0.5, 0.6) is 0 Å². The quantitative estimate of drug-likeness (QED) is 0.655. The molecule has 0 aliphatic heterocycles. The predicted octanol–water partition coefficient (Wildman–Crippen LogP) is 2.51. The van der Waals surface area contributed by atoms with Crippen molar-refractivity contribution in [2.24, 2.45) is 10.7 Å². The molecule has 0 aromatic heterocycles. The van der Waals surface area contributed by atoms with E-state index in [1.807, 2.05) is 11.0 Å². The molecule has 0 saturated heterocycles. The van der Waals surface area contributed by atoms with Crippen LogP contribution in [0.3, 0.4) is 0 Å². The van der Waals surface area contributed by atoms with E-state index in [0.29, 0.717) is 12.5 Å². The molecular formula is C15H22FN3. The molecule has 1 saturated carbocycles. The highest BCUT2D eigenvalue weighted by molar-refractivity contribution is 5.78. The molecule has 0 bridgehead atoms. The SMILES string of the molecule is CCN(CC)C(N)=NCC1(c2cccc(F)c2)CC1. The smallest absolute Gasteiger partial charge is 0.191 e. The van der Waals surface area contributed by atoms with Crippen molar-refractivity contribution in [2.75, 3.05) is 19.6 Å². The molecule has 4 heteroatoms. The van der Waals surface area contributed by atoms with Crippen LogP contribution in [-0.2, 0) is 5.41 Å². The Morgan fingerprint density at radius 1 is 1.37 bits per heavy atom. The molecule has 1 aliphatic rings. The van der Waals surface area contributed by atoms with E-state index in [1.54, 1.807) is 12.1 Å². The van der Waals surface area contributed by atoms with Crippen LogP contribution in [0.1, 0.15) is 32.3 Å². The molecule has 2 N–H and O–H groups in total. The first-order valence-corrected chi connectivity index (χ1v) is 6.92. The summed E-state index contributed by atoms with van der Waals surface area (Å²) < 4.78 is 13.3. The molecule has 0 unspecified atom stereocenters. The third-order valence-corrected chi connectivity index (χ3v) is 3.92. The minimum absolute atomic E-state index is 0.0138. The molecule has 0 atom stereocenters. The van der Waals surface area contributed by atoms with Gasteiger partial charge in [-0.2, -0.15) is 0 Å². The first kappa shape index (κ1) is 13.8. The molecule has 0 amide bonds. The average molecular weight is 263 g/mol. The zero-order valence-corrected chi connectivity index (χ0v) is 11.7. The van der Waals surface area contributed by atoms with Gasteiger partial charge in [0.15, 0.2) is 5.96 Å². The second-order valence-corrected chi connectivity index (χ2v) is 5.14. The monoisotopic (exact) mass is 263 g/mol. The lowest BCUT2D eigenvalue weighted by Gasteiger charge is -2.21. The van der Waals surface area contributed by atoms with Crippen molar-refractivity contribution in [3.63, 3.8) is 0 Å². The first-order chi connectivity index (χ1) is 9.11. The van der Waals surface area contributed by atoms with E-state index in [-0.39, 0.29) is 11.2 Å². The van der Waals surface area contributed by atoms with Crippen LogP contribution >= 0.6 is 0 Å². The zero-order chi connectivity index (χ0) is 13.9. The van der Waals surface area contributed by atoms with Gasteiger partial charge in [0.25, 0.3) is 0 Å². The number of rotatable bonds is 5. The predicted molar refractivity (Wildman–Crippen MR) is 76.7 cm³/mol. The maximum Gasteiger partial charge on any atom is 0.191 e. The number of halogens is 1. The number of benzene rings is 1. The maximum absolute atomic E-state index is 13.3. The lowest BCUT2D eigenvalue weighted by atomic mass is 9.96. The summed E-state index contributed by atoms with van der Waals surface area (Å²) in [7, 11) is 0. The van der Waals surface area contributed by atoms with Gasteiger partial charge >= 0.3 is 0 Å². The fraction of sp³-hybridized carbons (Fsp3) is 0.533. The van der Waals surface area contributed by atoms with Gasteiger partial charge in [-0.25, -0.2) is 4.39 Å². The topological polar surface area (TPSA) is 41.6 Å². The molecule has 1 aliphatic carbocycles. The number of hydrogen-bond donors (Lipinski definition) is 1. The van der Waals surface area contributed by atoms with Gasteiger partial charge in [0.2, 0.25) is 0 Å². The molecule has 3 nitrogen and oxygen atoms in total. The van der Waals surface area contributed by atoms with E-state index in [2.05, 4.69) is 18.8 Å². The molecule has 1 aromatic carbocycles. The van der Waals surface area contributed by atoms with Crippen LogP contribution in [0, 0.1) is 5.82 Å². The Hall–Kier alpha value is -1.58. The largest absolute Gasteiger partial charge is 0.370 e. The lowest BCUT2D eigenvalue weighted by Crippen LogP contribution is -2.37. The summed E-state index contributed by atoms with van der Waals surface area (Å²) in [4.78, 5) is 6.53. The van der Waals surface area contributed by atoms with E-state index in [9.17, 15) is 4.39 Å². The highest BCUT2D eigenvalue weighted by atomic mass is 19.1. The summed E-state index contributed by atoms with van der Waals surface area (Å²) in [6, 6.07) is 6.85. The lowest BCUT2D eigenvalue weighted by molar-refractivity contribution is 0.456. The van der Waals surface area contributed by atoms with Crippen molar-refractivity contribution in [2.45, 2.75) is 32.1 Å². The van der Waals surface area contributed by atoms with Gasteiger partial charge in [-0.05, 0) is 44.4 Å². The third kappa shape index (κ3) is 3.06. The van der Waals surface area contributed by atoms with Gasteiger partial charge in [-0.3, -0.25) is 4.99 Å². The molecule has 0 spiro atoms. The summed E-state index contributed by atoms with van der Waals surface area (Å²) in [6.45, 7) is 6.49. The van der Waals surface area contributed by atoms with Crippen molar-refractivity contribution >= 4 is 5.96 Å². The highest BCUT2D eigenvalue weighted by Gasteiger charge is 2.44. The van der Waals surface area contributed by atoms with Gasteiger partial charge in [-0.1, -0.05) is 12.1 Å². The minimum Gasteiger partial charge on any atom is -0.370 e. The van der Waals surface area contributed by atoms with E-state index < -0.39 is 0 Å². The summed E-state index contributed by atoms with van der Waals surface area (Å²) in [5.41, 5.74) is 7.04. The van der Waals surface area contributed by atoms with E-state index in [0.717, 1.165) is 31.5 Å². The summed E-state index contributed by atoms with van der Waals surface area (Å²) >= 11 is 0. The number of aliphatic imine (C=N–C) groups is 1. The molecule has 1 fully saturated rings. The highest BCUT2D eigenvalue weighted by Crippen LogP contribution is 2.48. The number of nitrogens with two attached hydrogens (primary N) is 1. The van der Waals surface area contributed by atoms with Crippen LogP contribution < -0.4 is 5.73 Å². The van der Waals surface area contributed by atoms with Crippen molar-refractivity contribution in [1.29, 1.82) is 0 Å². The molecule has 104 valence electrons. The molecular weight excluding hydrogens is 241 g/mol. The van der Waals surface area contributed by atoms with Crippen molar-refractivity contribution < 1.29 is 4.39 Å². The Balaban J connectivity index is 2.09. The zero-order valence-electron chi connectivity index (χ0n) is 11.7. The molecule has 1 aromatic rings. The average Bonchev–Trinajstić information content (AvgIpc) is 3.19. The summed E-state index contributed by atoms with van der Waals surface area (Å²) in [6.07, 6.45) is 2.12. The molecule has 2 rings (SSSR count). The molecule has 0 radical (unpaired) electrons. The van der Waals surface area contributed by atoms with Gasteiger partial charge < -0.3 is 10.6 Å². The molecule has 0 heterocycles. The van der Waals surface area contributed by atoms with E-state index in [4.69, 9.17) is 5.73 Å². The normalized spacial score (nSPS) is 17.3. The Labute approximate surface area is 114 Å². The summed E-state index contributed by atoms with van der Waals surface area (Å²) in [5.74, 6) is 0.414. The Morgan fingerprint density at radius 2 is 2.05 bits per heavy atom. The van der Waals surface area contributed by atoms with Crippen molar-refractivity contribution in [3.05, 3.63) is 35.6 Å². The Bertz CT molecular complexity index is 462. The van der Waals surface area contributed by atoms with Crippen molar-refractivity contribution in [1.82, 2.24) is 4.90 Å². The Kier molecular flexibility index (Phi) is 4.08. The third-order valence-electron chi connectivity index (χ3n) is 3.92. The number of guanidine groups is 1. The van der Waals surface area contributed by atoms with E-state index in [1.165, 1.54) is 6.07 Å². The second-order valence-electron chi connectivity index (χ2n) is 5.14. The van der Waals surface area contributed by atoms with Crippen LogP contribution in [0.25, 0.3) is 0 Å². The molecule has 19 heavy (non-hydrogen) atoms. The minimum atomic E-state index is -0.176. The standard InChI is InChI=1S/C15H22FN3/c1-3-19(4-2)14(17)18-11-15(8-9-15)12-6-5-7-13(16)10-12/h5-7,10H,3-4,8-9,11H2,1-2H3,(H2,17,18). The van der Waals surface area contributed by atoms with Gasteiger partial charge in [0.1, 0.15) is 5.82 Å². The van der Waals surface area contributed by atoms with Gasteiger partial charge in [0, 0.05) is 18.5 Å². The summed E-state index contributed by atoms with van der Waals surface area (Å²) in [5, 5.41) is 0. The fourth-order valence-corrected chi connectivity index (χ4v) is 2.39. The van der Waals surface area contributed by atoms with Crippen molar-refractivity contribution in [3.8, 4) is 0 Å². The number of hydrogen-bond acceptors (Lipinski definition) is 1.